The third kappa shape index (κ3) is 5.89. The smallest absolute Gasteiger partial charge is 0.339 e. The number of para-hydroxylation sites is 1. The molecule has 1 aromatic rings. The molecule has 0 bridgehead atoms. The van der Waals surface area contributed by atoms with E-state index in [0.717, 1.165) is 43.4 Å². The number of amides is 1. The lowest BCUT2D eigenvalue weighted by molar-refractivity contribution is -0.154. The number of benzene rings is 1. The average molecular weight is 522 g/mol. The van der Waals surface area contributed by atoms with Crippen LogP contribution < -0.4 is 4.90 Å². The molecular weight excluding hydrogens is 478 g/mol. The topological polar surface area (TPSA) is 72.9 Å². The summed E-state index contributed by atoms with van der Waals surface area (Å²) >= 11 is 0. The van der Waals surface area contributed by atoms with Crippen molar-refractivity contribution in [1.29, 1.82) is 0 Å². The van der Waals surface area contributed by atoms with Crippen LogP contribution in [0.25, 0.3) is 0 Å². The van der Waals surface area contributed by atoms with Gasteiger partial charge in [-0.05, 0) is 90.8 Å². The molecule has 3 aliphatic carbocycles. The molecule has 0 radical (unpaired) electrons. The van der Waals surface area contributed by atoms with Crippen LogP contribution in [0.15, 0.2) is 53.1 Å². The fourth-order valence-corrected chi connectivity index (χ4v) is 5.90. The maximum atomic E-state index is 14.1. The lowest BCUT2D eigenvalue weighted by atomic mass is 9.68. The van der Waals surface area contributed by atoms with Crippen molar-refractivity contribution in [2.24, 2.45) is 17.3 Å². The molecule has 1 aromatic carbocycles. The van der Waals surface area contributed by atoms with Gasteiger partial charge in [-0.1, -0.05) is 43.5 Å². The maximum Gasteiger partial charge on any atom is 0.339 e. The normalized spacial score (nSPS) is 21.6. The highest BCUT2D eigenvalue weighted by Crippen LogP contribution is 2.63. The van der Waals surface area contributed by atoms with Gasteiger partial charge in [0.1, 0.15) is 11.2 Å². The minimum absolute atomic E-state index is 0.0775. The summed E-state index contributed by atoms with van der Waals surface area (Å²) in [5, 5.41) is 0. The maximum absolute atomic E-state index is 14.1. The van der Waals surface area contributed by atoms with Gasteiger partial charge in [0.15, 0.2) is 0 Å². The number of hydrogen-bond donors (Lipinski definition) is 0. The molecule has 6 nitrogen and oxygen atoms in total. The SMILES string of the molecule is CN(C(=O)[C@@H]1C=C(C2CCCCC2)C(C(=O)OC(C)(C)C)=C(C(=O)OC(C)(C)C)C12CC2)c1ccccc1. The number of hydrogen-bond acceptors (Lipinski definition) is 5. The molecule has 2 saturated carbocycles. The Kier molecular flexibility index (Phi) is 7.66. The second-order valence-electron chi connectivity index (χ2n) is 13.1. The Bertz CT molecular complexity index is 1140. The summed E-state index contributed by atoms with van der Waals surface area (Å²) in [6.45, 7) is 11.0. The molecule has 0 saturated heterocycles. The second kappa shape index (κ2) is 10.3. The minimum Gasteiger partial charge on any atom is -0.457 e. The van der Waals surface area contributed by atoms with Crippen molar-refractivity contribution in [3.8, 4) is 0 Å². The zero-order valence-corrected chi connectivity index (χ0v) is 24.1. The first kappa shape index (κ1) is 28.1. The van der Waals surface area contributed by atoms with E-state index in [2.05, 4.69) is 0 Å². The molecule has 2 fully saturated rings. The number of carbonyl (C=O) groups excluding carboxylic acids is 3. The van der Waals surface area contributed by atoms with Crippen LogP contribution in [0.4, 0.5) is 5.69 Å². The molecule has 1 spiro atoms. The van der Waals surface area contributed by atoms with Crippen molar-refractivity contribution < 1.29 is 23.9 Å². The highest BCUT2D eigenvalue weighted by molar-refractivity contribution is 6.08. The summed E-state index contributed by atoms with van der Waals surface area (Å²) in [6.07, 6.45) is 8.39. The van der Waals surface area contributed by atoms with Crippen LogP contribution in [0.2, 0.25) is 0 Å². The Balaban J connectivity index is 1.88. The van der Waals surface area contributed by atoms with E-state index >= 15 is 0 Å². The van der Waals surface area contributed by atoms with Gasteiger partial charge in [0.25, 0.3) is 0 Å². The summed E-state index contributed by atoms with van der Waals surface area (Å²) in [6, 6.07) is 9.54. The molecule has 0 aromatic heterocycles. The van der Waals surface area contributed by atoms with Gasteiger partial charge < -0.3 is 14.4 Å². The van der Waals surface area contributed by atoms with Gasteiger partial charge in [-0.15, -0.1) is 0 Å². The van der Waals surface area contributed by atoms with Crippen LogP contribution >= 0.6 is 0 Å². The number of anilines is 1. The van der Waals surface area contributed by atoms with Crippen molar-refractivity contribution in [2.75, 3.05) is 11.9 Å². The molecule has 0 aliphatic heterocycles. The number of ether oxygens (including phenoxy) is 2. The molecule has 3 aliphatic rings. The molecule has 0 unspecified atom stereocenters. The quantitative estimate of drug-likeness (QED) is 0.411. The van der Waals surface area contributed by atoms with Crippen molar-refractivity contribution in [2.45, 2.75) is 97.7 Å². The largest absolute Gasteiger partial charge is 0.457 e. The van der Waals surface area contributed by atoms with Crippen LogP contribution in [0, 0.1) is 17.3 Å². The van der Waals surface area contributed by atoms with E-state index in [1.165, 1.54) is 0 Å². The fourth-order valence-electron chi connectivity index (χ4n) is 5.90. The van der Waals surface area contributed by atoms with Crippen LogP contribution in [0.1, 0.15) is 86.5 Å². The fraction of sp³-hybridized carbons (Fsp3) is 0.594. The second-order valence-corrected chi connectivity index (χ2v) is 13.1. The predicted octanol–water partition coefficient (Wildman–Crippen LogP) is 6.55. The Morgan fingerprint density at radius 1 is 0.842 bits per heavy atom. The summed E-state index contributed by atoms with van der Waals surface area (Å²) < 4.78 is 11.8. The third-order valence-corrected chi connectivity index (χ3v) is 7.76. The van der Waals surface area contributed by atoms with Gasteiger partial charge in [0.05, 0.1) is 17.1 Å². The molecule has 0 heterocycles. The number of rotatable bonds is 5. The first-order chi connectivity index (χ1) is 17.7. The molecule has 1 atom stereocenters. The molecular formula is C32H43NO5. The Hall–Kier alpha value is -2.89. The van der Waals surface area contributed by atoms with Crippen molar-refractivity contribution >= 4 is 23.5 Å². The van der Waals surface area contributed by atoms with Crippen LogP contribution in [-0.2, 0) is 23.9 Å². The van der Waals surface area contributed by atoms with E-state index in [0.29, 0.717) is 24.0 Å². The highest BCUT2D eigenvalue weighted by Gasteiger charge is 2.61. The first-order valence-electron chi connectivity index (χ1n) is 14.0. The van der Waals surface area contributed by atoms with E-state index in [1.807, 2.05) is 78.0 Å². The standard InChI is InChI=1S/C32H43NO5/c1-30(2,3)37-28(35)25-23(21-14-10-8-11-15-21)20-24(27(34)33(7)22-16-12-9-13-17-22)32(18-19-32)26(25)29(36)38-31(4,5)6/h9,12-13,16-17,20-21,24H,8,10-11,14-15,18-19H2,1-7H3/t24-/m0/s1. The molecule has 206 valence electrons. The number of nitrogens with zero attached hydrogens (tertiary/aromatic N) is 1. The lowest BCUT2D eigenvalue weighted by Crippen LogP contribution is -2.43. The number of esters is 2. The molecule has 38 heavy (non-hydrogen) atoms. The zero-order chi connectivity index (χ0) is 27.9. The Labute approximate surface area is 227 Å². The summed E-state index contributed by atoms with van der Waals surface area (Å²) in [5.41, 5.74) is 0.0179. The minimum atomic E-state index is -0.771. The van der Waals surface area contributed by atoms with Gasteiger partial charge in [0.2, 0.25) is 5.91 Å². The van der Waals surface area contributed by atoms with Crippen LogP contribution in [0.3, 0.4) is 0 Å². The van der Waals surface area contributed by atoms with Crippen molar-refractivity contribution in [3.63, 3.8) is 0 Å². The van der Waals surface area contributed by atoms with Gasteiger partial charge >= 0.3 is 11.9 Å². The van der Waals surface area contributed by atoms with E-state index in [-0.39, 0.29) is 11.8 Å². The lowest BCUT2D eigenvalue weighted by Gasteiger charge is -2.38. The van der Waals surface area contributed by atoms with E-state index in [1.54, 1.807) is 11.9 Å². The Morgan fingerprint density at radius 2 is 1.39 bits per heavy atom. The van der Waals surface area contributed by atoms with Crippen LogP contribution in [0.5, 0.6) is 0 Å². The average Bonchev–Trinajstić information content (AvgIpc) is 3.62. The monoisotopic (exact) mass is 521 g/mol. The van der Waals surface area contributed by atoms with Crippen molar-refractivity contribution in [3.05, 3.63) is 53.1 Å². The molecule has 4 rings (SSSR count). The molecule has 6 heteroatoms. The van der Waals surface area contributed by atoms with E-state index < -0.39 is 34.5 Å². The van der Waals surface area contributed by atoms with Gasteiger partial charge in [-0.3, -0.25) is 4.79 Å². The third-order valence-electron chi connectivity index (χ3n) is 7.76. The first-order valence-corrected chi connectivity index (χ1v) is 14.0. The van der Waals surface area contributed by atoms with Crippen molar-refractivity contribution in [1.82, 2.24) is 0 Å². The van der Waals surface area contributed by atoms with Gasteiger partial charge in [-0.25, -0.2) is 9.59 Å². The van der Waals surface area contributed by atoms with E-state index in [9.17, 15) is 14.4 Å². The summed E-state index contributed by atoms with van der Waals surface area (Å²) in [5.74, 6) is -1.55. The predicted molar refractivity (Wildman–Crippen MR) is 148 cm³/mol. The molecule has 1 amide bonds. The zero-order valence-electron chi connectivity index (χ0n) is 24.1. The summed E-state index contributed by atoms with van der Waals surface area (Å²) in [4.78, 5) is 43.6. The molecule has 0 N–H and O–H groups in total. The summed E-state index contributed by atoms with van der Waals surface area (Å²) in [7, 11) is 1.78. The van der Waals surface area contributed by atoms with Gasteiger partial charge in [-0.2, -0.15) is 0 Å². The van der Waals surface area contributed by atoms with E-state index in [4.69, 9.17) is 9.47 Å². The van der Waals surface area contributed by atoms with Gasteiger partial charge in [0, 0.05) is 18.2 Å². The highest BCUT2D eigenvalue weighted by atomic mass is 16.6. The number of carbonyl (C=O) groups is 3. The Morgan fingerprint density at radius 3 is 1.92 bits per heavy atom. The van der Waals surface area contributed by atoms with Crippen LogP contribution in [-0.4, -0.2) is 36.1 Å².